The van der Waals surface area contributed by atoms with Crippen LogP contribution in [0.4, 0.5) is 11.4 Å². The lowest BCUT2D eigenvalue weighted by Crippen LogP contribution is -2.33. The van der Waals surface area contributed by atoms with E-state index in [-0.39, 0.29) is 5.41 Å². The maximum absolute atomic E-state index is 6.12. The third-order valence-electron chi connectivity index (χ3n) is 9.81. The predicted molar refractivity (Wildman–Crippen MR) is 173 cm³/mol. The van der Waals surface area contributed by atoms with Crippen molar-refractivity contribution in [2.45, 2.75) is 70.1 Å². The highest BCUT2D eigenvalue weighted by atomic mass is 16.5. The van der Waals surface area contributed by atoms with Crippen molar-refractivity contribution in [1.29, 1.82) is 0 Å². The number of rotatable bonds is 8. The molecule has 4 nitrogen and oxygen atoms in total. The van der Waals surface area contributed by atoms with Gasteiger partial charge in [0.15, 0.2) is 0 Å². The van der Waals surface area contributed by atoms with Crippen molar-refractivity contribution in [3.63, 3.8) is 0 Å². The lowest BCUT2D eigenvalue weighted by Gasteiger charge is -2.42. The number of hydrogen-bond acceptors (Lipinski definition) is 4. The van der Waals surface area contributed by atoms with E-state index in [4.69, 9.17) is 20.9 Å². The minimum absolute atomic E-state index is 0.0168. The molecule has 6 rings (SSSR count). The number of nitrogen functional groups attached to an aromatic ring is 2. The summed E-state index contributed by atoms with van der Waals surface area (Å²) in [6.45, 7) is 2.42. The van der Waals surface area contributed by atoms with Crippen LogP contribution in [0.3, 0.4) is 0 Å². The van der Waals surface area contributed by atoms with Crippen molar-refractivity contribution >= 4 is 11.4 Å². The molecule has 0 radical (unpaired) electrons. The van der Waals surface area contributed by atoms with Crippen molar-refractivity contribution < 1.29 is 9.47 Å². The van der Waals surface area contributed by atoms with Gasteiger partial charge in [0.1, 0.15) is 23.0 Å². The highest BCUT2D eigenvalue weighted by Crippen LogP contribution is 2.49. The van der Waals surface area contributed by atoms with E-state index in [0.29, 0.717) is 0 Å². The number of nitrogens with two attached hydrogens (primary N) is 2. The molecule has 0 aliphatic heterocycles. The van der Waals surface area contributed by atoms with Gasteiger partial charge in [-0.25, -0.2) is 0 Å². The summed E-state index contributed by atoms with van der Waals surface area (Å²) >= 11 is 0. The van der Waals surface area contributed by atoms with Crippen LogP contribution in [-0.4, -0.2) is 0 Å². The molecule has 4 aromatic rings. The number of anilines is 2. The first-order chi connectivity index (χ1) is 20.4. The van der Waals surface area contributed by atoms with Crippen molar-refractivity contribution in [2.75, 3.05) is 11.5 Å². The predicted octanol–water partition coefficient (Wildman–Crippen LogP) is 10.1. The molecule has 0 saturated heterocycles. The largest absolute Gasteiger partial charge is 0.457 e. The van der Waals surface area contributed by atoms with Gasteiger partial charge in [-0.2, -0.15) is 0 Å². The molecule has 4 aromatic carbocycles. The Morgan fingerprint density at radius 2 is 0.881 bits per heavy atom. The third kappa shape index (κ3) is 6.59. The Morgan fingerprint density at radius 3 is 1.29 bits per heavy atom. The Kier molecular flexibility index (Phi) is 8.41. The van der Waals surface area contributed by atoms with Crippen LogP contribution in [0.25, 0.3) is 0 Å². The summed E-state index contributed by atoms with van der Waals surface area (Å²) < 4.78 is 12.2. The second-order valence-electron chi connectivity index (χ2n) is 12.8. The summed E-state index contributed by atoms with van der Waals surface area (Å²) in [6, 6.07) is 32.6. The van der Waals surface area contributed by atoms with Gasteiger partial charge in [-0.15, -0.1) is 0 Å². The maximum Gasteiger partial charge on any atom is 0.127 e. The maximum atomic E-state index is 6.12. The zero-order valence-electron chi connectivity index (χ0n) is 24.8. The molecule has 0 unspecified atom stereocenters. The molecule has 0 amide bonds. The van der Waals surface area contributed by atoms with Crippen molar-refractivity contribution in [2.24, 2.45) is 17.8 Å². The molecule has 0 aromatic heterocycles. The van der Waals surface area contributed by atoms with E-state index in [0.717, 1.165) is 65.0 Å². The van der Waals surface area contributed by atoms with Crippen LogP contribution in [-0.2, 0) is 5.41 Å². The second kappa shape index (κ2) is 12.5. The Balaban J connectivity index is 1.21. The summed E-state index contributed by atoms with van der Waals surface area (Å²) in [5.74, 6) is 5.93. The SMILES string of the molecule is CC1CCC(CC2CCC(c3ccc(Oc4ccc(N)cc4)cc3)(c3ccc(Oc4ccc(N)cc4)cc3)CC2)CC1. The average molecular weight is 561 g/mol. The van der Waals surface area contributed by atoms with Gasteiger partial charge in [0.25, 0.3) is 0 Å². The minimum atomic E-state index is -0.0168. The Morgan fingerprint density at radius 1 is 0.524 bits per heavy atom. The van der Waals surface area contributed by atoms with Crippen LogP contribution >= 0.6 is 0 Å². The number of ether oxygens (including phenoxy) is 2. The van der Waals surface area contributed by atoms with Crippen molar-refractivity contribution in [3.8, 4) is 23.0 Å². The Hall–Kier alpha value is -3.92. The van der Waals surface area contributed by atoms with E-state index < -0.39 is 0 Å². The molecule has 0 spiro atoms. The van der Waals surface area contributed by atoms with E-state index in [2.05, 4.69) is 55.5 Å². The fourth-order valence-corrected chi connectivity index (χ4v) is 7.21. The Labute approximate surface area is 251 Å². The quantitative estimate of drug-likeness (QED) is 0.210. The van der Waals surface area contributed by atoms with Gasteiger partial charge < -0.3 is 20.9 Å². The zero-order chi connectivity index (χ0) is 28.9. The molecular weight excluding hydrogens is 516 g/mol. The molecule has 4 N–H and O–H groups in total. The first-order valence-electron chi connectivity index (χ1n) is 15.7. The monoisotopic (exact) mass is 560 g/mol. The van der Waals surface area contributed by atoms with Gasteiger partial charge in [-0.05, 0) is 134 Å². The van der Waals surface area contributed by atoms with Gasteiger partial charge in [-0.3, -0.25) is 0 Å². The van der Waals surface area contributed by atoms with E-state index >= 15 is 0 Å². The fraction of sp³-hybridized carbons (Fsp3) is 0.368. The van der Waals surface area contributed by atoms with Crippen molar-refractivity contribution in [1.82, 2.24) is 0 Å². The standard InChI is InChI=1S/C38H44N2O2/c1-27-2-4-28(5-3-27)26-29-22-24-38(25-23-29,30-6-14-34(15-7-30)41-36-18-10-32(39)11-19-36)31-8-16-35(17-9-31)42-37-20-12-33(40)13-21-37/h6-21,27-29H,2-5,22-26,39-40H2,1H3. The molecule has 2 aliphatic carbocycles. The molecule has 2 fully saturated rings. The van der Waals surface area contributed by atoms with Crippen LogP contribution in [0.15, 0.2) is 97.1 Å². The first kappa shape index (κ1) is 28.2. The highest BCUT2D eigenvalue weighted by molar-refractivity contribution is 5.47. The van der Waals surface area contributed by atoms with E-state index in [1.54, 1.807) is 0 Å². The second-order valence-corrected chi connectivity index (χ2v) is 12.8. The molecule has 2 saturated carbocycles. The van der Waals surface area contributed by atoms with Gasteiger partial charge in [0, 0.05) is 16.8 Å². The van der Waals surface area contributed by atoms with Crippen LogP contribution in [0.2, 0.25) is 0 Å². The molecule has 0 bridgehead atoms. The molecule has 4 heteroatoms. The summed E-state index contributed by atoms with van der Waals surface area (Å²) in [4.78, 5) is 0. The average Bonchev–Trinajstić information content (AvgIpc) is 3.02. The van der Waals surface area contributed by atoms with Gasteiger partial charge in [-0.1, -0.05) is 56.9 Å². The van der Waals surface area contributed by atoms with E-state index in [1.165, 1.54) is 56.1 Å². The summed E-state index contributed by atoms with van der Waals surface area (Å²) in [5, 5.41) is 0. The smallest absolute Gasteiger partial charge is 0.127 e. The molecule has 2 aliphatic rings. The van der Waals surface area contributed by atoms with Crippen LogP contribution < -0.4 is 20.9 Å². The van der Waals surface area contributed by atoms with Gasteiger partial charge >= 0.3 is 0 Å². The van der Waals surface area contributed by atoms with E-state index in [1.807, 2.05) is 48.5 Å². The zero-order valence-corrected chi connectivity index (χ0v) is 24.8. The summed E-state index contributed by atoms with van der Waals surface area (Å²) in [6.07, 6.45) is 12.0. The van der Waals surface area contributed by atoms with Crippen LogP contribution in [0.1, 0.15) is 75.8 Å². The number of hydrogen-bond donors (Lipinski definition) is 2. The fourth-order valence-electron chi connectivity index (χ4n) is 7.21. The van der Waals surface area contributed by atoms with Gasteiger partial charge in [0.05, 0.1) is 0 Å². The first-order valence-corrected chi connectivity index (χ1v) is 15.7. The topological polar surface area (TPSA) is 70.5 Å². The van der Waals surface area contributed by atoms with Crippen LogP contribution in [0, 0.1) is 17.8 Å². The van der Waals surface area contributed by atoms with E-state index in [9.17, 15) is 0 Å². The molecule has 218 valence electrons. The van der Waals surface area contributed by atoms with Crippen LogP contribution in [0.5, 0.6) is 23.0 Å². The van der Waals surface area contributed by atoms with Crippen molar-refractivity contribution in [3.05, 3.63) is 108 Å². The lowest BCUT2D eigenvalue weighted by atomic mass is 9.62. The molecule has 42 heavy (non-hydrogen) atoms. The normalized spacial score (nSPS) is 20.6. The third-order valence-corrected chi connectivity index (χ3v) is 9.81. The lowest BCUT2D eigenvalue weighted by molar-refractivity contribution is 0.192. The molecular formula is C38H44N2O2. The summed E-state index contributed by atoms with van der Waals surface area (Å²) in [5.41, 5.74) is 15.9. The molecule has 0 heterocycles. The highest BCUT2D eigenvalue weighted by Gasteiger charge is 2.39. The molecule has 0 atom stereocenters. The minimum Gasteiger partial charge on any atom is -0.457 e. The van der Waals surface area contributed by atoms with Gasteiger partial charge in [0.2, 0.25) is 0 Å². The Bertz CT molecular complexity index is 1320. The summed E-state index contributed by atoms with van der Waals surface area (Å²) in [7, 11) is 0. The number of benzene rings is 4.